The molecule has 0 radical (unpaired) electrons. The molecule has 0 bridgehead atoms. The van der Waals surface area contributed by atoms with E-state index in [0.29, 0.717) is 10.7 Å². The monoisotopic (exact) mass is 302 g/mol. The van der Waals surface area contributed by atoms with Crippen molar-refractivity contribution in [2.75, 3.05) is 5.84 Å². The molecular weight excluding hydrogens is 284 g/mol. The number of hydrogen-bond donors (Lipinski definition) is 1. The van der Waals surface area contributed by atoms with Crippen LogP contribution in [-0.4, -0.2) is 20.7 Å². The Morgan fingerprint density at radius 3 is 2.76 bits per heavy atom. The molecule has 2 N–H and O–H groups in total. The molecule has 0 fully saturated rings. The standard InChI is InChI=1S/C15H18N4OS/c1-2-3-9-13(21-15-18-17-11-19(15)16)10-14(20)12-7-5-4-6-8-12/h4-8,10-11H,2-3,9,16H2,1H3. The quantitative estimate of drug-likeness (QED) is 0.368. The molecule has 0 aliphatic heterocycles. The van der Waals surface area contributed by atoms with Gasteiger partial charge in [-0.3, -0.25) is 4.79 Å². The minimum atomic E-state index is -0.00251. The van der Waals surface area contributed by atoms with E-state index in [-0.39, 0.29) is 5.78 Å². The van der Waals surface area contributed by atoms with Gasteiger partial charge < -0.3 is 5.84 Å². The second-order valence-electron chi connectivity index (χ2n) is 4.57. The maximum atomic E-state index is 12.3. The molecular formula is C15H18N4OS. The van der Waals surface area contributed by atoms with E-state index < -0.39 is 0 Å². The zero-order chi connectivity index (χ0) is 15.1. The Labute approximate surface area is 128 Å². The third-order valence-corrected chi connectivity index (χ3v) is 3.95. The summed E-state index contributed by atoms with van der Waals surface area (Å²) in [5.41, 5.74) is 0.682. The first-order chi connectivity index (χ1) is 10.2. The van der Waals surface area contributed by atoms with Crippen molar-refractivity contribution in [2.45, 2.75) is 31.3 Å². The summed E-state index contributed by atoms with van der Waals surface area (Å²) < 4.78 is 1.36. The first-order valence-electron chi connectivity index (χ1n) is 6.83. The number of nitrogens with two attached hydrogens (primary N) is 1. The van der Waals surface area contributed by atoms with Gasteiger partial charge >= 0.3 is 0 Å². The smallest absolute Gasteiger partial charge is 0.214 e. The van der Waals surface area contributed by atoms with Crippen molar-refractivity contribution in [3.05, 3.63) is 53.2 Å². The highest BCUT2D eigenvalue weighted by Gasteiger charge is 2.10. The predicted molar refractivity (Wildman–Crippen MR) is 84.4 cm³/mol. The minimum absolute atomic E-state index is 0.00251. The number of benzene rings is 1. The van der Waals surface area contributed by atoms with Gasteiger partial charge in [-0.1, -0.05) is 55.4 Å². The number of carbonyl (C=O) groups is 1. The van der Waals surface area contributed by atoms with Crippen LogP contribution < -0.4 is 5.84 Å². The summed E-state index contributed by atoms with van der Waals surface area (Å²) in [5, 5.41) is 8.27. The van der Waals surface area contributed by atoms with Crippen LogP contribution in [-0.2, 0) is 0 Å². The normalized spacial score (nSPS) is 11.6. The van der Waals surface area contributed by atoms with Crippen LogP contribution in [0.1, 0.15) is 36.5 Å². The van der Waals surface area contributed by atoms with Crippen LogP contribution in [0, 0.1) is 0 Å². The van der Waals surface area contributed by atoms with E-state index in [1.54, 1.807) is 6.08 Å². The van der Waals surface area contributed by atoms with Crippen LogP contribution in [0.25, 0.3) is 0 Å². The lowest BCUT2D eigenvalue weighted by molar-refractivity contribution is 0.104. The zero-order valence-corrected chi connectivity index (χ0v) is 12.7. The molecule has 110 valence electrons. The predicted octanol–water partition coefficient (Wildman–Crippen LogP) is 3.04. The van der Waals surface area contributed by atoms with Gasteiger partial charge in [0.25, 0.3) is 0 Å². The van der Waals surface area contributed by atoms with Gasteiger partial charge in [-0.15, -0.1) is 10.2 Å². The van der Waals surface area contributed by atoms with E-state index in [4.69, 9.17) is 5.84 Å². The maximum absolute atomic E-state index is 12.3. The topological polar surface area (TPSA) is 73.8 Å². The molecule has 2 rings (SSSR count). The Bertz CT molecular complexity index is 622. The number of hydrogen-bond acceptors (Lipinski definition) is 5. The molecule has 0 saturated carbocycles. The maximum Gasteiger partial charge on any atom is 0.214 e. The van der Waals surface area contributed by atoms with Crippen LogP contribution >= 0.6 is 11.8 Å². The fourth-order valence-electron chi connectivity index (χ4n) is 1.76. The Kier molecular flexibility index (Phi) is 5.57. The lowest BCUT2D eigenvalue weighted by atomic mass is 10.1. The summed E-state index contributed by atoms with van der Waals surface area (Å²) in [6.45, 7) is 2.12. The van der Waals surface area contributed by atoms with Crippen LogP contribution in [0.3, 0.4) is 0 Å². The molecule has 0 amide bonds. The number of carbonyl (C=O) groups excluding carboxylic acids is 1. The Morgan fingerprint density at radius 2 is 2.14 bits per heavy atom. The van der Waals surface area contributed by atoms with Crippen LogP contribution in [0.15, 0.2) is 52.8 Å². The van der Waals surface area contributed by atoms with Crippen molar-refractivity contribution in [2.24, 2.45) is 0 Å². The van der Waals surface area contributed by atoms with Crippen molar-refractivity contribution in [3.63, 3.8) is 0 Å². The number of nitrogens with zero attached hydrogens (tertiary/aromatic N) is 3. The summed E-state index contributed by atoms with van der Waals surface area (Å²) in [5.74, 6) is 5.72. The molecule has 0 aliphatic carbocycles. The molecule has 21 heavy (non-hydrogen) atoms. The fraction of sp³-hybridized carbons (Fsp3) is 0.267. The van der Waals surface area contributed by atoms with Crippen molar-refractivity contribution < 1.29 is 4.79 Å². The summed E-state index contributed by atoms with van der Waals surface area (Å²) in [6, 6.07) is 9.23. The van der Waals surface area contributed by atoms with E-state index >= 15 is 0 Å². The van der Waals surface area contributed by atoms with Gasteiger partial charge in [-0.25, -0.2) is 4.68 Å². The third-order valence-electron chi connectivity index (χ3n) is 2.89. The van der Waals surface area contributed by atoms with Gasteiger partial charge in [0.2, 0.25) is 5.16 Å². The average Bonchev–Trinajstić information content (AvgIpc) is 2.91. The Morgan fingerprint density at radius 1 is 1.38 bits per heavy atom. The van der Waals surface area contributed by atoms with E-state index in [2.05, 4.69) is 17.1 Å². The number of aromatic nitrogens is 3. The Balaban J connectivity index is 2.17. The molecule has 1 aromatic carbocycles. The second-order valence-corrected chi connectivity index (χ2v) is 5.66. The number of ketones is 1. The fourth-order valence-corrected chi connectivity index (χ4v) is 2.65. The summed E-state index contributed by atoms with van der Waals surface area (Å²) >= 11 is 1.39. The summed E-state index contributed by atoms with van der Waals surface area (Å²) in [7, 11) is 0. The van der Waals surface area contributed by atoms with Crippen molar-refractivity contribution in [3.8, 4) is 0 Å². The molecule has 0 spiro atoms. The van der Waals surface area contributed by atoms with Gasteiger partial charge in [0, 0.05) is 5.56 Å². The molecule has 1 heterocycles. The van der Waals surface area contributed by atoms with Crippen molar-refractivity contribution in [1.82, 2.24) is 14.9 Å². The first kappa shape index (κ1) is 15.3. The molecule has 0 saturated heterocycles. The molecule has 0 atom stereocenters. The lowest BCUT2D eigenvalue weighted by Crippen LogP contribution is -2.07. The number of thioether (sulfide) groups is 1. The van der Waals surface area contributed by atoms with Gasteiger partial charge in [-0.05, 0) is 23.8 Å². The molecule has 0 unspecified atom stereocenters. The van der Waals surface area contributed by atoms with Crippen LogP contribution in [0.2, 0.25) is 0 Å². The number of unbranched alkanes of at least 4 members (excludes halogenated alkanes) is 1. The van der Waals surface area contributed by atoms with E-state index in [0.717, 1.165) is 24.2 Å². The number of rotatable bonds is 7. The van der Waals surface area contributed by atoms with Crippen LogP contribution in [0.5, 0.6) is 0 Å². The zero-order valence-electron chi connectivity index (χ0n) is 11.9. The molecule has 1 aromatic heterocycles. The van der Waals surface area contributed by atoms with E-state index in [9.17, 15) is 4.79 Å². The van der Waals surface area contributed by atoms with Gasteiger partial charge in [0.1, 0.15) is 6.33 Å². The lowest BCUT2D eigenvalue weighted by Gasteiger charge is -2.06. The van der Waals surface area contributed by atoms with Crippen molar-refractivity contribution >= 4 is 17.5 Å². The first-order valence-corrected chi connectivity index (χ1v) is 7.65. The van der Waals surface area contributed by atoms with Gasteiger partial charge in [0.15, 0.2) is 5.78 Å². The van der Waals surface area contributed by atoms with Gasteiger partial charge in [-0.2, -0.15) is 0 Å². The molecule has 0 aliphatic rings. The number of nitrogen functional groups attached to an aromatic ring is 1. The largest absolute Gasteiger partial charge is 0.336 e. The van der Waals surface area contributed by atoms with E-state index in [1.807, 2.05) is 30.3 Å². The molecule has 2 aromatic rings. The highest BCUT2D eigenvalue weighted by atomic mass is 32.2. The summed E-state index contributed by atoms with van der Waals surface area (Å²) in [4.78, 5) is 13.2. The average molecular weight is 302 g/mol. The Hall–Kier alpha value is -2.08. The molecule has 6 heteroatoms. The highest BCUT2D eigenvalue weighted by molar-refractivity contribution is 8.03. The minimum Gasteiger partial charge on any atom is -0.336 e. The number of allylic oxidation sites excluding steroid dienone is 2. The van der Waals surface area contributed by atoms with Crippen LogP contribution in [0.4, 0.5) is 0 Å². The third kappa shape index (κ3) is 4.46. The van der Waals surface area contributed by atoms with E-state index in [1.165, 1.54) is 22.8 Å². The highest BCUT2D eigenvalue weighted by Crippen LogP contribution is 2.28. The second kappa shape index (κ2) is 7.64. The van der Waals surface area contributed by atoms with Crippen molar-refractivity contribution in [1.29, 1.82) is 0 Å². The van der Waals surface area contributed by atoms with Gasteiger partial charge in [0.05, 0.1) is 0 Å². The SMILES string of the molecule is CCCCC(=CC(=O)c1ccccc1)Sc1nncn1N. The summed E-state index contributed by atoms with van der Waals surface area (Å²) in [6.07, 6.45) is 6.02. The molecule has 5 nitrogen and oxygen atoms in total.